The van der Waals surface area contributed by atoms with Crippen LogP contribution in [0.15, 0.2) is 66.7 Å². The molecule has 1 heterocycles. The topological polar surface area (TPSA) is 67.4 Å². The molecule has 0 aliphatic carbocycles. The quantitative estimate of drug-likeness (QED) is 0.395. The summed E-state index contributed by atoms with van der Waals surface area (Å²) in [5, 5.41) is 5.87. The van der Waals surface area contributed by atoms with Gasteiger partial charge in [-0.1, -0.05) is 24.3 Å². The van der Waals surface area contributed by atoms with Gasteiger partial charge in [-0.3, -0.25) is 9.59 Å². The van der Waals surface area contributed by atoms with Crippen molar-refractivity contribution < 1.29 is 23.1 Å². The maximum atomic E-state index is 13.9. The molecule has 1 aliphatic heterocycles. The summed E-state index contributed by atoms with van der Waals surface area (Å²) in [6, 6.07) is 15.2. The molecule has 0 radical (unpaired) electrons. The Morgan fingerprint density at radius 2 is 1.74 bits per heavy atom. The molecule has 0 aromatic heterocycles. The van der Waals surface area contributed by atoms with Gasteiger partial charge in [0, 0.05) is 34.1 Å². The van der Waals surface area contributed by atoms with Crippen molar-refractivity contribution in [2.75, 3.05) is 12.4 Å². The highest BCUT2D eigenvalue weighted by Gasteiger charge is 2.28. The first-order valence-electron chi connectivity index (χ1n) is 10.7. The lowest BCUT2D eigenvalue weighted by Crippen LogP contribution is -2.43. The molecule has 0 saturated carbocycles. The minimum atomic E-state index is -0.963. The number of fused-ring (bicyclic) bond motifs is 1. The number of hydrogen-bond donors (Lipinski definition) is 2. The molecule has 0 bridgehead atoms. The molecule has 1 amide bonds. The molecule has 0 saturated heterocycles. The number of ketones is 1. The van der Waals surface area contributed by atoms with E-state index in [2.05, 4.69) is 24.5 Å². The van der Waals surface area contributed by atoms with E-state index in [1.807, 2.05) is 18.2 Å². The van der Waals surface area contributed by atoms with Gasteiger partial charge >= 0.3 is 0 Å². The molecule has 2 N–H and O–H groups in total. The molecular formula is C27H24F2N2O3. The Morgan fingerprint density at radius 1 is 1.03 bits per heavy atom. The number of nitrogens with one attached hydrogen (secondary N) is 2. The van der Waals surface area contributed by atoms with E-state index >= 15 is 0 Å². The average Bonchev–Trinajstić information content (AvgIpc) is 2.78. The van der Waals surface area contributed by atoms with Gasteiger partial charge in [-0.2, -0.15) is 0 Å². The number of methoxy groups -OCH3 is 1. The number of amides is 1. The molecule has 7 heteroatoms. The standard InChI is InChI=1S/C27H24F2N2O3/c1-27(2)15-17-10-11-19(34-3)13-20(17)23(31-27)14-24(32)16-6-4-7-18(12-16)30-26(33)25-21(28)8-5-9-22(25)29/h4-14,31H,15H2,1-3H3,(H,30,33)/b23-14-. The minimum absolute atomic E-state index is 0.246. The van der Waals surface area contributed by atoms with Crippen LogP contribution >= 0.6 is 0 Å². The van der Waals surface area contributed by atoms with Crippen molar-refractivity contribution >= 4 is 23.1 Å². The van der Waals surface area contributed by atoms with Crippen molar-refractivity contribution in [3.63, 3.8) is 0 Å². The van der Waals surface area contributed by atoms with Crippen LogP contribution in [0.4, 0.5) is 14.5 Å². The van der Waals surface area contributed by atoms with Crippen molar-refractivity contribution in [3.8, 4) is 5.75 Å². The number of halogens is 2. The maximum absolute atomic E-state index is 13.9. The molecular weight excluding hydrogens is 438 g/mol. The van der Waals surface area contributed by atoms with Crippen LogP contribution in [0.1, 0.15) is 45.7 Å². The number of carbonyl (C=O) groups is 2. The Kier molecular flexibility index (Phi) is 6.20. The molecule has 3 aromatic carbocycles. The molecule has 0 unspecified atom stereocenters. The van der Waals surface area contributed by atoms with Crippen LogP contribution in [-0.2, 0) is 6.42 Å². The van der Waals surface area contributed by atoms with Crippen molar-refractivity contribution in [2.45, 2.75) is 25.8 Å². The highest BCUT2D eigenvalue weighted by molar-refractivity contribution is 6.10. The van der Waals surface area contributed by atoms with E-state index in [0.717, 1.165) is 29.7 Å². The van der Waals surface area contributed by atoms with Gasteiger partial charge in [-0.15, -0.1) is 0 Å². The second kappa shape index (κ2) is 9.09. The molecule has 34 heavy (non-hydrogen) atoms. The van der Waals surface area contributed by atoms with E-state index in [4.69, 9.17) is 4.74 Å². The SMILES string of the molecule is COc1ccc2c(c1)/C(=C/C(=O)c1cccc(NC(=O)c3c(F)cccc3F)c1)NC(C)(C)C2. The van der Waals surface area contributed by atoms with E-state index in [1.165, 1.54) is 18.2 Å². The van der Waals surface area contributed by atoms with E-state index in [1.54, 1.807) is 25.3 Å². The molecule has 4 rings (SSSR count). The number of hydrogen-bond acceptors (Lipinski definition) is 4. The minimum Gasteiger partial charge on any atom is -0.497 e. The molecule has 0 fully saturated rings. The lowest BCUT2D eigenvalue weighted by molar-refractivity contribution is 0.101. The normalized spacial score (nSPS) is 15.3. The number of ether oxygens (including phenoxy) is 1. The zero-order chi connectivity index (χ0) is 24.5. The van der Waals surface area contributed by atoms with Gasteiger partial charge in [0.2, 0.25) is 0 Å². The van der Waals surface area contributed by atoms with Crippen molar-refractivity contribution in [1.29, 1.82) is 0 Å². The molecule has 3 aromatic rings. The third-order valence-electron chi connectivity index (χ3n) is 5.58. The van der Waals surface area contributed by atoms with Gasteiger partial charge in [0.25, 0.3) is 5.91 Å². The first kappa shape index (κ1) is 23.2. The summed E-state index contributed by atoms with van der Waals surface area (Å²) in [5.41, 5.74) is 2.26. The van der Waals surface area contributed by atoms with Gasteiger partial charge < -0.3 is 15.4 Å². The summed E-state index contributed by atoms with van der Waals surface area (Å²) < 4.78 is 33.2. The summed E-state index contributed by atoms with van der Waals surface area (Å²) in [5.74, 6) is -2.47. The maximum Gasteiger partial charge on any atom is 0.261 e. The lowest BCUT2D eigenvalue weighted by atomic mass is 9.85. The summed E-state index contributed by atoms with van der Waals surface area (Å²) in [7, 11) is 1.59. The fourth-order valence-electron chi connectivity index (χ4n) is 4.03. The third-order valence-corrected chi connectivity index (χ3v) is 5.58. The zero-order valence-corrected chi connectivity index (χ0v) is 19.0. The van der Waals surface area contributed by atoms with Crippen LogP contribution in [0.2, 0.25) is 0 Å². The van der Waals surface area contributed by atoms with Gasteiger partial charge in [0.15, 0.2) is 5.78 Å². The first-order chi connectivity index (χ1) is 16.2. The van der Waals surface area contributed by atoms with Crippen molar-refractivity contribution in [3.05, 3.63) is 101 Å². The van der Waals surface area contributed by atoms with Crippen LogP contribution in [0.3, 0.4) is 0 Å². The predicted molar refractivity (Wildman–Crippen MR) is 127 cm³/mol. The predicted octanol–water partition coefficient (Wildman–Crippen LogP) is 5.37. The fourth-order valence-corrected chi connectivity index (χ4v) is 4.03. The second-order valence-electron chi connectivity index (χ2n) is 8.76. The van der Waals surface area contributed by atoms with E-state index in [-0.39, 0.29) is 17.0 Å². The summed E-state index contributed by atoms with van der Waals surface area (Å²) in [4.78, 5) is 25.5. The number of benzene rings is 3. The Labute approximate surface area is 196 Å². The molecule has 0 atom stereocenters. The highest BCUT2D eigenvalue weighted by atomic mass is 19.1. The Balaban J connectivity index is 1.62. The van der Waals surface area contributed by atoms with Crippen LogP contribution < -0.4 is 15.4 Å². The lowest BCUT2D eigenvalue weighted by Gasteiger charge is -2.35. The van der Waals surface area contributed by atoms with Crippen molar-refractivity contribution in [1.82, 2.24) is 5.32 Å². The summed E-state index contributed by atoms with van der Waals surface area (Å²) in [6.07, 6.45) is 2.29. The smallest absolute Gasteiger partial charge is 0.261 e. The van der Waals surface area contributed by atoms with Gasteiger partial charge in [-0.05, 0) is 62.2 Å². The van der Waals surface area contributed by atoms with E-state index in [9.17, 15) is 18.4 Å². The number of anilines is 1. The highest BCUT2D eigenvalue weighted by Crippen LogP contribution is 2.32. The molecule has 174 valence electrons. The second-order valence-corrected chi connectivity index (χ2v) is 8.76. The van der Waals surface area contributed by atoms with Gasteiger partial charge in [0.05, 0.1) is 7.11 Å². The average molecular weight is 462 g/mol. The Hall–Kier alpha value is -4.00. The number of rotatable bonds is 5. The first-order valence-corrected chi connectivity index (χ1v) is 10.7. The van der Waals surface area contributed by atoms with Gasteiger partial charge in [0.1, 0.15) is 22.9 Å². The van der Waals surface area contributed by atoms with Crippen LogP contribution in [0.5, 0.6) is 5.75 Å². The van der Waals surface area contributed by atoms with E-state index in [0.29, 0.717) is 17.0 Å². The molecule has 1 aliphatic rings. The van der Waals surface area contributed by atoms with Crippen LogP contribution in [-0.4, -0.2) is 24.3 Å². The van der Waals surface area contributed by atoms with Crippen LogP contribution in [0.25, 0.3) is 5.70 Å². The van der Waals surface area contributed by atoms with Gasteiger partial charge in [-0.25, -0.2) is 8.78 Å². The zero-order valence-electron chi connectivity index (χ0n) is 19.0. The monoisotopic (exact) mass is 462 g/mol. The van der Waals surface area contributed by atoms with Crippen LogP contribution in [0, 0.1) is 11.6 Å². The fraction of sp³-hybridized carbons (Fsp3) is 0.185. The largest absolute Gasteiger partial charge is 0.497 e. The Morgan fingerprint density at radius 3 is 2.44 bits per heavy atom. The molecule has 5 nitrogen and oxygen atoms in total. The summed E-state index contributed by atoms with van der Waals surface area (Å²) >= 11 is 0. The third kappa shape index (κ3) is 4.83. The number of allylic oxidation sites excluding steroid dienone is 1. The summed E-state index contributed by atoms with van der Waals surface area (Å²) in [6.45, 7) is 4.10. The number of carbonyl (C=O) groups excluding carboxylic acids is 2. The molecule has 0 spiro atoms. The Bertz CT molecular complexity index is 1290. The van der Waals surface area contributed by atoms with E-state index < -0.39 is 23.1 Å². The van der Waals surface area contributed by atoms with Crippen molar-refractivity contribution in [2.24, 2.45) is 0 Å².